The number of fused-ring (bicyclic) bond motifs is 3. The van der Waals surface area contributed by atoms with Gasteiger partial charge < -0.3 is 10.3 Å². The summed E-state index contributed by atoms with van der Waals surface area (Å²) in [5, 5.41) is 8.32. The van der Waals surface area contributed by atoms with Crippen LogP contribution in [0.15, 0.2) is 41.6 Å². The molecular weight excluding hydrogens is 395 g/mol. The molecule has 0 aliphatic carbocycles. The molecule has 0 saturated heterocycles. The number of aromatic amines is 1. The molecule has 1 amide bonds. The number of hydrogen-bond acceptors (Lipinski definition) is 4. The summed E-state index contributed by atoms with van der Waals surface area (Å²) in [6.07, 6.45) is -3.30. The van der Waals surface area contributed by atoms with Crippen molar-refractivity contribution in [3.8, 4) is 0 Å². The summed E-state index contributed by atoms with van der Waals surface area (Å²) >= 11 is 6.10. The summed E-state index contributed by atoms with van der Waals surface area (Å²) in [5.41, 5.74) is 4.07. The Bertz CT molecular complexity index is 1090. The molecule has 3 aromatic rings. The van der Waals surface area contributed by atoms with Gasteiger partial charge in [-0.25, -0.2) is 4.98 Å². The average molecular weight is 408 g/mol. The number of halogens is 4. The third-order valence-electron chi connectivity index (χ3n) is 4.32. The zero-order chi connectivity index (χ0) is 19.9. The van der Waals surface area contributed by atoms with E-state index in [1.807, 2.05) is 0 Å². The van der Waals surface area contributed by atoms with Crippen LogP contribution in [0.3, 0.4) is 0 Å². The number of benzene rings is 1. The predicted molar refractivity (Wildman–Crippen MR) is 99.7 cm³/mol. The third kappa shape index (κ3) is 3.40. The minimum atomic E-state index is -4.46. The fourth-order valence-corrected chi connectivity index (χ4v) is 3.18. The number of carbonyl (C=O) groups excluding carboxylic acids is 1. The number of nitrogens with one attached hydrogen (secondary N) is 3. The maximum Gasteiger partial charge on any atom is 0.417 e. The van der Waals surface area contributed by atoms with Crippen molar-refractivity contribution >= 4 is 39.9 Å². The van der Waals surface area contributed by atoms with Crippen molar-refractivity contribution in [3.05, 3.63) is 58.4 Å². The van der Waals surface area contributed by atoms with Crippen LogP contribution in [0.2, 0.25) is 5.02 Å². The van der Waals surface area contributed by atoms with Crippen molar-refractivity contribution in [1.82, 2.24) is 15.3 Å². The number of pyridine rings is 1. The van der Waals surface area contributed by atoms with Gasteiger partial charge in [0.05, 0.1) is 11.3 Å². The Morgan fingerprint density at radius 1 is 1.21 bits per heavy atom. The molecule has 4 rings (SSSR count). The van der Waals surface area contributed by atoms with Gasteiger partial charge in [-0.05, 0) is 30.3 Å². The van der Waals surface area contributed by atoms with Gasteiger partial charge in [-0.2, -0.15) is 18.3 Å². The second-order valence-electron chi connectivity index (χ2n) is 6.17. The lowest BCUT2D eigenvalue weighted by Crippen LogP contribution is -2.23. The van der Waals surface area contributed by atoms with E-state index >= 15 is 0 Å². The van der Waals surface area contributed by atoms with Crippen LogP contribution < -0.4 is 10.7 Å². The molecule has 1 aliphatic heterocycles. The molecule has 0 atom stereocenters. The number of hydrazone groups is 1. The van der Waals surface area contributed by atoms with E-state index in [9.17, 15) is 18.0 Å². The molecule has 0 saturated carbocycles. The van der Waals surface area contributed by atoms with Crippen LogP contribution in [-0.2, 0) is 6.18 Å². The number of anilines is 1. The van der Waals surface area contributed by atoms with Crippen molar-refractivity contribution < 1.29 is 18.0 Å². The number of nitrogens with zero attached hydrogens (tertiary/aromatic N) is 2. The van der Waals surface area contributed by atoms with Gasteiger partial charge in [0.2, 0.25) is 0 Å². The molecule has 10 heteroatoms. The highest BCUT2D eigenvalue weighted by Gasteiger charge is 2.30. The highest BCUT2D eigenvalue weighted by molar-refractivity contribution is 6.32. The molecular formula is C18H13ClF3N5O. The van der Waals surface area contributed by atoms with Crippen LogP contribution in [-0.4, -0.2) is 28.1 Å². The number of amides is 1. The molecule has 0 unspecified atom stereocenters. The van der Waals surface area contributed by atoms with E-state index in [1.165, 1.54) is 6.07 Å². The third-order valence-corrected chi connectivity index (χ3v) is 4.55. The van der Waals surface area contributed by atoms with E-state index in [2.05, 4.69) is 25.8 Å². The molecule has 1 aliphatic rings. The van der Waals surface area contributed by atoms with Crippen molar-refractivity contribution in [2.24, 2.45) is 5.10 Å². The maximum atomic E-state index is 12.6. The summed E-state index contributed by atoms with van der Waals surface area (Å²) < 4.78 is 37.9. The Morgan fingerprint density at radius 3 is 2.75 bits per heavy atom. The maximum absolute atomic E-state index is 12.6. The number of hydrogen-bond donors (Lipinski definition) is 3. The molecule has 2 aromatic heterocycles. The summed E-state index contributed by atoms with van der Waals surface area (Å²) in [4.78, 5) is 19.1. The smallest absolute Gasteiger partial charge is 0.350 e. The second kappa shape index (κ2) is 6.83. The summed E-state index contributed by atoms with van der Waals surface area (Å²) in [6.45, 7) is 0.365. The van der Waals surface area contributed by atoms with Crippen LogP contribution in [0.1, 0.15) is 28.0 Å². The van der Waals surface area contributed by atoms with Gasteiger partial charge in [0.15, 0.2) is 0 Å². The molecule has 144 valence electrons. The molecule has 1 aromatic carbocycles. The Balaban J connectivity index is 1.72. The van der Waals surface area contributed by atoms with Crippen LogP contribution >= 0.6 is 11.6 Å². The first-order valence-corrected chi connectivity index (χ1v) is 8.66. The topological polar surface area (TPSA) is 82.2 Å². The predicted octanol–water partition coefficient (Wildman–Crippen LogP) is 4.18. The number of alkyl halides is 3. The van der Waals surface area contributed by atoms with Crippen LogP contribution in [0.25, 0.3) is 10.9 Å². The van der Waals surface area contributed by atoms with Crippen LogP contribution in [0.5, 0.6) is 0 Å². The molecule has 28 heavy (non-hydrogen) atoms. The molecule has 6 nitrogen and oxygen atoms in total. The summed E-state index contributed by atoms with van der Waals surface area (Å²) in [6, 6.07) is 7.32. The van der Waals surface area contributed by atoms with E-state index in [1.54, 1.807) is 18.2 Å². The lowest BCUT2D eigenvalue weighted by Gasteiger charge is -2.08. The second-order valence-corrected chi connectivity index (χ2v) is 6.61. The van der Waals surface area contributed by atoms with Gasteiger partial charge in [0.1, 0.15) is 11.5 Å². The Hall–Kier alpha value is -3.07. The minimum absolute atomic E-state index is 0.156. The molecule has 0 bridgehead atoms. The van der Waals surface area contributed by atoms with E-state index in [0.717, 1.165) is 23.2 Å². The molecule has 3 heterocycles. The van der Waals surface area contributed by atoms with Gasteiger partial charge in [0, 0.05) is 40.7 Å². The first-order chi connectivity index (χ1) is 13.3. The fraction of sp³-hybridized carbons (Fsp3) is 0.167. The molecule has 0 radical (unpaired) electrons. The minimum Gasteiger partial charge on any atom is -0.350 e. The zero-order valence-corrected chi connectivity index (χ0v) is 14.9. The molecule has 0 fully saturated rings. The van der Waals surface area contributed by atoms with Crippen LogP contribution in [0.4, 0.5) is 19.0 Å². The first-order valence-electron chi connectivity index (χ1n) is 8.28. The van der Waals surface area contributed by atoms with Gasteiger partial charge in [-0.1, -0.05) is 11.6 Å². The SMILES string of the molecule is O=C1NCC/C(=N/Nc2ccc(C(F)(F)F)cn2)c2c1[nH]c1ccc(Cl)cc21. The van der Waals surface area contributed by atoms with Gasteiger partial charge in [0.25, 0.3) is 5.91 Å². The zero-order valence-electron chi connectivity index (χ0n) is 14.2. The molecule has 3 N–H and O–H groups in total. The first kappa shape index (κ1) is 18.3. The number of rotatable bonds is 2. The lowest BCUT2D eigenvalue weighted by molar-refractivity contribution is -0.137. The van der Waals surface area contributed by atoms with E-state index in [0.29, 0.717) is 35.0 Å². The summed E-state index contributed by atoms with van der Waals surface area (Å²) in [7, 11) is 0. The quantitative estimate of drug-likeness (QED) is 0.557. The van der Waals surface area contributed by atoms with E-state index in [4.69, 9.17) is 11.6 Å². The average Bonchev–Trinajstić information content (AvgIpc) is 2.95. The fourth-order valence-electron chi connectivity index (χ4n) is 3.01. The monoisotopic (exact) mass is 407 g/mol. The van der Waals surface area contributed by atoms with E-state index < -0.39 is 11.7 Å². The Kier molecular flexibility index (Phi) is 4.46. The van der Waals surface area contributed by atoms with Crippen molar-refractivity contribution in [2.45, 2.75) is 12.6 Å². The largest absolute Gasteiger partial charge is 0.417 e. The van der Waals surface area contributed by atoms with Crippen LogP contribution in [0, 0.1) is 0 Å². The van der Waals surface area contributed by atoms with Crippen molar-refractivity contribution in [1.29, 1.82) is 0 Å². The van der Waals surface area contributed by atoms with Gasteiger partial charge in [-0.15, -0.1) is 0 Å². The van der Waals surface area contributed by atoms with Crippen molar-refractivity contribution in [3.63, 3.8) is 0 Å². The molecule has 0 spiro atoms. The van der Waals surface area contributed by atoms with E-state index in [-0.39, 0.29) is 11.7 Å². The van der Waals surface area contributed by atoms with Crippen molar-refractivity contribution in [2.75, 3.05) is 12.0 Å². The Labute approximate surface area is 161 Å². The van der Waals surface area contributed by atoms with Gasteiger partial charge >= 0.3 is 6.18 Å². The Morgan fingerprint density at radius 2 is 2.04 bits per heavy atom. The normalized spacial score (nSPS) is 16.0. The summed E-state index contributed by atoms with van der Waals surface area (Å²) in [5.74, 6) is -0.108. The van der Waals surface area contributed by atoms with Gasteiger partial charge in [-0.3, -0.25) is 10.2 Å². The highest BCUT2D eigenvalue weighted by atomic mass is 35.5. The number of aromatic nitrogens is 2. The number of H-pyrrole nitrogens is 1. The standard InChI is InChI=1S/C18H13ClF3N5O/c19-10-2-3-12-11(7-10)15-13(5-6-23-17(28)16(15)25-12)26-27-14-4-1-9(8-24-14)18(20,21)22/h1-4,7-8,25H,5-6H2,(H,23,28)(H,24,27)/b26-13-. The number of carbonyl (C=O) groups is 1. The lowest BCUT2D eigenvalue weighted by atomic mass is 10.0. The highest BCUT2D eigenvalue weighted by Crippen LogP contribution is 2.30.